The van der Waals surface area contributed by atoms with E-state index in [1.807, 2.05) is 6.20 Å². The van der Waals surface area contributed by atoms with Gasteiger partial charge in [-0.15, -0.1) is 0 Å². The van der Waals surface area contributed by atoms with Gasteiger partial charge in [0.15, 0.2) is 5.96 Å². The molecular weight excluding hydrogens is 310 g/mol. The first-order valence-electron chi connectivity index (χ1n) is 9.89. The van der Waals surface area contributed by atoms with E-state index in [1.165, 1.54) is 24.8 Å². The second kappa shape index (κ2) is 8.54. The van der Waals surface area contributed by atoms with Gasteiger partial charge in [-0.05, 0) is 49.7 Å². The molecule has 0 aromatic carbocycles. The van der Waals surface area contributed by atoms with Crippen molar-refractivity contribution in [2.24, 2.45) is 16.8 Å². The number of piperidine rings is 1. The maximum atomic E-state index is 4.88. The van der Waals surface area contributed by atoms with Gasteiger partial charge in [0.05, 0.1) is 6.54 Å². The molecule has 0 radical (unpaired) electrons. The molecule has 3 rings (SSSR count). The highest BCUT2D eigenvalue weighted by Crippen LogP contribution is 2.21. The molecule has 1 aromatic rings. The van der Waals surface area contributed by atoms with Gasteiger partial charge in [-0.3, -0.25) is 0 Å². The Morgan fingerprint density at radius 3 is 2.52 bits per heavy atom. The number of aromatic nitrogens is 1. The number of aliphatic imine (C=N–C) groups is 1. The number of nitrogens with one attached hydrogen (secondary N) is 1. The van der Waals surface area contributed by atoms with Crippen molar-refractivity contribution in [1.29, 1.82) is 0 Å². The zero-order valence-corrected chi connectivity index (χ0v) is 16.0. The van der Waals surface area contributed by atoms with Gasteiger partial charge in [-0.1, -0.05) is 19.9 Å². The Morgan fingerprint density at radius 1 is 1.20 bits per heavy atom. The number of nitrogens with zero attached hydrogens (tertiary/aromatic N) is 4. The molecule has 2 saturated heterocycles. The lowest BCUT2D eigenvalue weighted by Crippen LogP contribution is -2.48. The molecule has 2 fully saturated rings. The minimum atomic E-state index is 0.689. The van der Waals surface area contributed by atoms with Crippen LogP contribution in [0, 0.1) is 11.8 Å². The fraction of sp³-hybridized carbons (Fsp3) is 0.700. The van der Waals surface area contributed by atoms with Crippen molar-refractivity contribution < 1.29 is 0 Å². The Hall–Kier alpha value is -1.78. The summed E-state index contributed by atoms with van der Waals surface area (Å²) in [5.74, 6) is 3.61. The molecule has 2 aliphatic heterocycles. The third-order valence-electron chi connectivity index (χ3n) is 5.15. The van der Waals surface area contributed by atoms with Gasteiger partial charge in [0.25, 0.3) is 0 Å². The highest BCUT2D eigenvalue weighted by Gasteiger charge is 2.24. The average Bonchev–Trinajstić information content (AvgIpc) is 3.13. The van der Waals surface area contributed by atoms with E-state index in [-0.39, 0.29) is 0 Å². The van der Waals surface area contributed by atoms with Crippen LogP contribution in [0.25, 0.3) is 0 Å². The molecule has 0 aliphatic carbocycles. The molecule has 138 valence electrons. The molecule has 2 unspecified atom stereocenters. The van der Waals surface area contributed by atoms with E-state index in [2.05, 4.69) is 53.0 Å². The zero-order chi connectivity index (χ0) is 17.6. The molecule has 5 nitrogen and oxygen atoms in total. The van der Waals surface area contributed by atoms with Gasteiger partial charge in [0, 0.05) is 38.9 Å². The quantitative estimate of drug-likeness (QED) is 0.674. The average molecular weight is 344 g/mol. The normalized spacial score (nSPS) is 24.7. The van der Waals surface area contributed by atoms with Crippen LogP contribution in [-0.2, 0) is 6.54 Å². The maximum Gasteiger partial charge on any atom is 0.194 e. The van der Waals surface area contributed by atoms with Gasteiger partial charge < -0.3 is 15.1 Å². The molecule has 2 aliphatic rings. The predicted molar refractivity (Wildman–Crippen MR) is 105 cm³/mol. The van der Waals surface area contributed by atoms with E-state index in [1.54, 1.807) is 0 Å². The molecule has 0 amide bonds. The van der Waals surface area contributed by atoms with Crippen LogP contribution in [-0.4, -0.2) is 48.6 Å². The second-order valence-corrected chi connectivity index (χ2v) is 7.74. The van der Waals surface area contributed by atoms with Gasteiger partial charge in [0.1, 0.15) is 5.82 Å². The lowest BCUT2D eigenvalue weighted by atomic mass is 9.92. The van der Waals surface area contributed by atoms with Crippen molar-refractivity contribution in [1.82, 2.24) is 15.2 Å². The second-order valence-electron chi connectivity index (χ2n) is 7.74. The Balaban J connectivity index is 1.64. The molecule has 0 spiro atoms. The van der Waals surface area contributed by atoms with E-state index in [0.29, 0.717) is 6.54 Å². The zero-order valence-electron chi connectivity index (χ0n) is 16.0. The monoisotopic (exact) mass is 343 g/mol. The number of guanidine groups is 1. The van der Waals surface area contributed by atoms with Gasteiger partial charge in [-0.2, -0.15) is 0 Å². The summed E-state index contributed by atoms with van der Waals surface area (Å²) in [6, 6.07) is 4.32. The maximum absolute atomic E-state index is 4.88. The van der Waals surface area contributed by atoms with E-state index in [9.17, 15) is 0 Å². The Kier molecular flexibility index (Phi) is 6.16. The van der Waals surface area contributed by atoms with Gasteiger partial charge in [0.2, 0.25) is 0 Å². The summed E-state index contributed by atoms with van der Waals surface area (Å²) in [6.07, 6.45) is 5.87. The van der Waals surface area contributed by atoms with Crippen molar-refractivity contribution in [3.8, 4) is 0 Å². The number of anilines is 1. The van der Waals surface area contributed by atoms with Crippen LogP contribution < -0.4 is 10.2 Å². The lowest BCUT2D eigenvalue weighted by molar-refractivity contribution is 0.208. The molecule has 25 heavy (non-hydrogen) atoms. The van der Waals surface area contributed by atoms with Crippen molar-refractivity contribution >= 4 is 11.8 Å². The first-order valence-corrected chi connectivity index (χ1v) is 9.89. The van der Waals surface area contributed by atoms with Crippen LogP contribution in [0.5, 0.6) is 0 Å². The molecule has 1 aromatic heterocycles. The Morgan fingerprint density at radius 2 is 1.92 bits per heavy atom. The van der Waals surface area contributed by atoms with Crippen molar-refractivity contribution in [3.05, 3.63) is 23.9 Å². The summed E-state index contributed by atoms with van der Waals surface area (Å²) >= 11 is 0. The highest BCUT2D eigenvalue weighted by molar-refractivity contribution is 5.80. The number of rotatable bonds is 4. The summed E-state index contributed by atoms with van der Waals surface area (Å²) in [5.41, 5.74) is 1.18. The molecule has 0 saturated carbocycles. The number of hydrogen-bond acceptors (Lipinski definition) is 3. The SMILES string of the molecule is CCNC(=NCc1ccc(N2CCCC2)nc1)N1CC(C)CC(C)C1. The molecule has 5 heteroatoms. The van der Waals surface area contributed by atoms with Crippen molar-refractivity contribution in [3.63, 3.8) is 0 Å². The molecule has 0 bridgehead atoms. The van der Waals surface area contributed by atoms with Crippen LogP contribution >= 0.6 is 0 Å². The third-order valence-corrected chi connectivity index (χ3v) is 5.15. The minimum absolute atomic E-state index is 0.689. The van der Waals surface area contributed by atoms with Crippen LogP contribution in [0.3, 0.4) is 0 Å². The number of likely N-dealkylation sites (tertiary alicyclic amines) is 1. The number of hydrogen-bond donors (Lipinski definition) is 1. The van der Waals surface area contributed by atoms with E-state index < -0.39 is 0 Å². The van der Waals surface area contributed by atoms with Crippen LogP contribution in [0.4, 0.5) is 5.82 Å². The van der Waals surface area contributed by atoms with Crippen molar-refractivity contribution in [2.45, 2.75) is 46.6 Å². The summed E-state index contributed by atoms with van der Waals surface area (Å²) < 4.78 is 0. The summed E-state index contributed by atoms with van der Waals surface area (Å²) in [6.45, 7) is 12.9. The van der Waals surface area contributed by atoms with Gasteiger partial charge in [-0.25, -0.2) is 9.98 Å². The third kappa shape index (κ3) is 4.86. The predicted octanol–water partition coefficient (Wildman–Crippen LogP) is 3.13. The molecular formula is C20H33N5. The smallest absolute Gasteiger partial charge is 0.194 e. The standard InChI is InChI=1S/C20H33N5/c1-4-21-20(25-14-16(2)11-17(3)15-25)23-13-18-7-8-19(22-12-18)24-9-5-6-10-24/h7-8,12,16-17H,4-6,9-11,13-15H2,1-3H3,(H,21,23). The fourth-order valence-electron chi connectivity index (χ4n) is 4.07. The Labute approximate surface area is 152 Å². The minimum Gasteiger partial charge on any atom is -0.357 e. The van der Waals surface area contributed by atoms with Crippen LogP contribution in [0.15, 0.2) is 23.3 Å². The van der Waals surface area contributed by atoms with Crippen LogP contribution in [0.2, 0.25) is 0 Å². The van der Waals surface area contributed by atoms with Gasteiger partial charge >= 0.3 is 0 Å². The largest absolute Gasteiger partial charge is 0.357 e. The fourth-order valence-corrected chi connectivity index (χ4v) is 4.07. The molecule has 3 heterocycles. The van der Waals surface area contributed by atoms with E-state index in [4.69, 9.17) is 4.99 Å². The first-order chi connectivity index (χ1) is 12.2. The van der Waals surface area contributed by atoms with Crippen molar-refractivity contribution in [2.75, 3.05) is 37.6 Å². The van der Waals surface area contributed by atoms with Crippen LogP contribution in [0.1, 0.15) is 45.6 Å². The van der Waals surface area contributed by atoms with E-state index >= 15 is 0 Å². The highest BCUT2D eigenvalue weighted by atomic mass is 15.3. The summed E-state index contributed by atoms with van der Waals surface area (Å²) in [4.78, 5) is 14.3. The first kappa shape index (κ1) is 18.0. The topological polar surface area (TPSA) is 43.8 Å². The van der Waals surface area contributed by atoms with E-state index in [0.717, 1.165) is 56.3 Å². The summed E-state index contributed by atoms with van der Waals surface area (Å²) in [7, 11) is 0. The molecule has 2 atom stereocenters. The number of pyridine rings is 1. The summed E-state index contributed by atoms with van der Waals surface area (Å²) in [5, 5.41) is 3.47. The Bertz CT molecular complexity index is 552. The lowest BCUT2D eigenvalue weighted by Gasteiger charge is -2.37. The molecule has 1 N–H and O–H groups in total.